The second-order valence-corrected chi connectivity index (χ2v) is 12.3. The number of piperidine rings is 1. The zero-order valence-electron chi connectivity index (χ0n) is 26.6. The van der Waals surface area contributed by atoms with Crippen molar-refractivity contribution in [1.29, 1.82) is 0 Å². The maximum atomic E-state index is 12.5. The smallest absolute Gasteiger partial charge is 0.253 e. The Kier molecular flexibility index (Phi) is 12.2. The minimum atomic E-state index is -0.882. The molecule has 9 nitrogen and oxygen atoms in total. The summed E-state index contributed by atoms with van der Waals surface area (Å²) < 4.78 is 16.6. The Labute approximate surface area is 261 Å². The van der Waals surface area contributed by atoms with Gasteiger partial charge >= 0.3 is 0 Å². The standard InChI is InChI=1S/C35H49N3O6/c1-23(2)27(19-24-11-12-30(43-4)31(20-24)44-18-8-17-42-3)21-28(36)29(39)22-37-32-33(35(41)34(32)40)38-15-13-26(14-16-38)25-9-6-5-7-10-25/h5-7,9-12,20,23,26-29,37,39H,8,13-19,21-22,36H2,1-4H3/t27-,28-,29-/m0/s1. The number of hydrogen-bond donors (Lipinski definition) is 3. The fourth-order valence-electron chi connectivity index (χ4n) is 6.11. The Hall–Kier alpha value is -3.40. The highest BCUT2D eigenvalue weighted by atomic mass is 16.5. The van der Waals surface area contributed by atoms with E-state index in [4.69, 9.17) is 19.9 Å². The molecule has 4 rings (SSSR count). The summed E-state index contributed by atoms with van der Waals surface area (Å²) in [5.74, 6) is 2.37. The molecule has 9 heteroatoms. The van der Waals surface area contributed by atoms with Gasteiger partial charge in [-0.1, -0.05) is 50.2 Å². The Balaban J connectivity index is 1.32. The third kappa shape index (κ3) is 8.40. The second-order valence-electron chi connectivity index (χ2n) is 12.3. The largest absolute Gasteiger partial charge is 0.493 e. The number of anilines is 2. The van der Waals surface area contributed by atoms with E-state index in [0.29, 0.717) is 67.4 Å². The summed E-state index contributed by atoms with van der Waals surface area (Å²) in [6, 6.07) is 15.9. The lowest BCUT2D eigenvalue weighted by Gasteiger charge is -2.35. The monoisotopic (exact) mass is 607 g/mol. The number of ether oxygens (including phenoxy) is 3. The van der Waals surface area contributed by atoms with Gasteiger partial charge in [-0.05, 0) is 66.7 Å². The molecular formula is C35H49N3O6. The molecule has 0 radical (unpaired) electrons. The summed E-state index contributed by atoms with van der Waals surface area (Å²) in [5.41, 5.74) is 8.70. The second kappa shape index (κ2) is 16.1. The Bertz CT molecular complexity index is 1380. The summed E-state index contributed by atoms with van der Waals surface area (Å²) in [6.07, 6.45) is 3.11. The number of rotatable bonds is 17. The number of methoxy groups -OCH3 is 2. The van der Waals surface area contributed by atoms with Crippen molar-refractivity contribution in [3.8, 4) is 11.5 Å². The normalized spacial score (nSPS) is 16.2. The van der Waals surface area contributed by atoms with Gasteiger partial charge in [0.25, 0.3) is 10.9 Å². The van der Waals surface area contributed by atoms with Crippen LogP contribution in [-0.4, -0.2) is 64.3 Å². The van der Waals surface area contributed by atoms with Crippen LogP contribution in [0.25, 0.3) is 0 Å². The summed E-state index contributed by atoms with van der Waals surface area (Å²) in [6.45, 7) is 7.00. The average Bonchev–Trinajstić information content (AvgIpc) is 3.04. The molecule has 0 amide bonds. The van der Waals surface area contributed by atoms with Gasteiger partial charge in [-0.15, -0.1) is 0 Å². The lowest BCUT2D eigenvalue weighted by atomic mass is 9.83. The number of nitrogens with one attached hydrogen (secondary N) is 1. The van der Waals surface area contributed by atoms with Crippen molar-refractivity contribution >= 4 is 11.4 Å². The van der Waals surface area contributed by atoms with Crippen LogP contribution in [0.5, 0.6) is 11.5 Å². The van der Waals surface area contributed by atoms with E-state index in [-0.39, 0.29) is 12.5 Å². The Morgan fingerprint density at radius 2 is 1.73 bits per heavy atom. The fraction of sp³-hybridized carbons (Fsp3) is 0.543. The van der Waals surface area contributed by atoms with Crippen LogP contribution in [0.15, 0.2) is 58.1 Å². The van der Waals surface area contributed by atoms with Crippen LogP contribution in [-0.2, 0) is 11.2 Å². The maximum absolute atomic E-state index is 12.5. The predicted molar refractivity (Wildman–Crippen MR) is 176 cm³/mol. The molecule has 3 aromatic carbocycles. The fourth-order valence-corrected chi connectivity index (χ4v) is 6.11. The van der Waals surface area contributed by atoms with Crippen LogP contribution in [0.4, 0.5) is 11.4 Å². The first kappa shape index (κ1) is 33.5. The Morgan fingerprint density at radius 3 is 2.39 bits per heavy atom. The third-order valence-corrected chi connectivity index (χ3v) is 8.94. The van der Waals surface area contributed by atoms with E-state index >= 15 is 0 Å². The first-order chi connectivity index (χ1) is 21.2. The van der Waals surface area contributed by atoms with Gasteiger partial charge < -0.3 is 35.3 Å². The molecule has 1 saturated heterocycles. The average molecular weight is 608 g/mol. The molecule has 1 heterocycles. The van der Waals surface area contributed by atoms with Crippen molar-refractivity contribution in [2.24, 2.45) is 17.6 Å². The highest BCUT2D eigenvalue weighted by molar-refractivity contribution is 5.75. The number of nitrogens with two attached hydrogens (primary N) is 1. The number of hydrogen-bond acceptors (Lipinski definition) is 9. The molecule has 1 aliphatic rings. The first-order valence-electron chi connectivity index (χ1n) is 15.8. The van der Waals surface area contributed by atoms with Gasteiger partial charge in [0.1, 0.15) is 11.4 Å². The molecule has 0 bridgehead atoms. The summed E-state index contributed by atoms with van der Waals surface area (Å²) in [5, 5.41) is 14.0. The molecule has 1 aliphatic heterocycles. The molecule has 0 spiro atoms. The molecule has 0 unspecified atom stereocenters. The van der Waals surface area contributed by atoms with Gasteiger partial charge in [-0.25, -0.2) is 0 Å². The zero-order valence-corrected chi connectivity index (χ0v) is 26.6. The van der Waals surface area contributed by atoms with Crippen LogP contribution in [0.3, 0.4) is 0 Å². The van der Waals surface area contributed by atoms with Crippen molar-refractivity contribution in [2.75, 3.05) is 57.3 Å². The molecule has 0 saturated carbocycles. The SMILES string of the molecule is COCCCOc1cc(C[C@@H](C[C@H](N)[C@@H](O)CNc2c(N3CCC(c4ccccc4)CC3)c(=O)c2=O)C(C)C)ccc1OC. The third-order valence-electron chi connectivity index (χ3n) is 8.94. The lowest BCUT2D eigenvalue weighted by Crippen LogP contribution is -2.47. The topological polar surface area (TPSA) is 123 Å². The van der Waals surface area contributed by atoms with Crippen molar-refractivity contribution < 1.29 is 19.3 Å². The zero-order chi connectivity index (χ0) is 31.6. The number of nitrogens with zero attached hydrogens (tertiary/aromatic N) is 1. The van der Waals surface area contributed by atoms with Crippen LogP contribution < -0.4 is 36.3 Å². The van der Waals surface area contributed by atoms with Gasteiger partial charge in [-0.2, -0.15) is 0 Å². The molecule has 44 heavy (non-hydrogen) atoms. The van der Waals surface area contributed by atoms with Crippen LogP contribution in [0.1, 0.15) is 56.6 Å². The van der Waals surface area contributed by atoms with Crippen molar-refractivity contribution in [1.82, 2.24) is 0 Å². The number of aliphatic hydroxyl groups excluding tert-OH is 1. The van der Waals surface area contributed by atoms with Crippen molar-refractivity contribution in [3.05, 3.63) is 80.1 Å². The summed E-state index contributed by atoms with van der Waals surface area (Å²) in [7, 11) is 3.30. The number of aliphatic hydroxyl groups is 1. The molecule has 240 valence electrons. The van der Waals surface area contributed by atoms with E-state index in [2.05, 4.69) is 43.4 Å². The van der Waals surface area contributed by atoms with E-state index in [1.165, 1.54) is 5.56 Å². The van der Waals surface area contributed by atoms with E-state index in [0.717, 1.165) is 31.2 Å². The van der Waals surface area contributed by atoms with Crippen LogP contribution >= 0.6 is 0 Å². The highest BCUT2D eigenvalue weighted by Crippen LogP contribution is 2.33. The van der Waals surface area contributed by atoms with Gasteiger partial charge in [-0.3, -0.25) is 9.59 Å². The van der Waals surface area contributed by atoms with E-state index in [9.17, 15) is 14.7 Å². The van der Waals surface area contributed by atoms with Gasteiger partial charge in [0.2, 0.25) is 0 Å². The first-order valence-corrected chi connectivity index (χ1v) is 15.8. The minimum absolute atomic E-state index is 0.103. The molecule has 3 aromatic rings. The molecule has 1 fully saturated rings. The Morgan fingerprint density at radius 1 is 1.00 bits per heavy atom. The van der Waals surface area contributed by atoms with E-state index in [1.807, 2.05) is 29.2 Å². The molecular weight excluding hydrogens is 558 g/mol. The maximum Gasteiger partial charge on any atom is 0.253 e. The van der Waals surface area contributed by atoms with Gasteiger partial charge in [0, 0.05) is 45.8 Å². The molecule has 3 atom stereocenters. The predicted octanol–water partition coefficient (Wildman–Crippen LogP) is 4.10. The van der Waals surface area contributed by atoms with E-state index < -0.39 is 23.0 Å². The van der Waals surface area contributed by atoms with Crippen LogP contribution in [0, 0.1) is 11.8 Å². The summed E-state index contributed by atoms with van der Waals surface area (Å²) >= 11 is 0. The molecule has 4 N–H and O–H groups in total. The van der Waals surface area contributed by atoms with Gasteiger partial charge in [0.15, 0.2) is 11.5 Å². The minimum Gasteiger partial charge on any atom is -0.493 e. The number of benzene rings is 2. The van der Waals surface area contributed by atoms with Gasteiger partial charge in [0.05, 0.1) is 19.8 Å². The molecule has 0 aliphatic carbocycles. The van der Waals surface area contributed by atoms with Crippen molar-refractivity contribution in [3.63, 3.8) is 0 Å². The lowest BCUT2D eigenvalue weighted by molar-refractivity contribution is 0.137. The summed E-state index contributed by atoms with van der Waals surface area (Å²) in [4.78, 5) is 27.0. The van der Waals surface area contributed by atoms with Crippen LogP contribution in [0.2, 0.25) is 0 Å². The van der Waals surface area contributed by atoms with E-state index in [1.54, 1.807) is 14.2 Å². The quantitative estimate of drug-likeness (QED) is 0.154. The highest BCUT2D eigenvalue weighted by Gasteiger charge is 2.30. The molecule has 0 aromatic heterocycles. The van der Waals surface area contributed by atoms with Crippen molar-refractivity contribution in [2.45, 2.75) is 64.0 Å².